The van der Waals surface area contributed by atoms with Crippen LogP contribution in [0.1, 0.15) is 17.1 Å². The van der Waals surface area contributed by atoms with E-state index in [1.54, 1.807) is 6.20 Å². The van der Waals surface area contributed by atoms with E-state index in [0.717, 1.165) is 59.0 Å². The van der Waals surface area contributed by atoms with Gasteiger partial charge in [0.15, 0.2) is 0 Å². The molecule has 1 aliphatic rings. The Morgan fingerprint density at radius 3 is 2.82 bits per heavy atom. The number of hydrogen-bond acceptors (Lipinski definition) is 5. The minimum atomic E-state index is 0.693. The third kappa shape index (κ3) is 2.90. The highest BCUT2D eigenvalue weighted by atomic mass is 35.5. The van der Waals surface area contributed by atoms with Crippen LogP contribution in [0.4, 0.5) is 5.82 Å². The Labute approximate surface area is 167 Å². The minimum Gasteiger partial charge on any atom is -0.351 e. The third-order valence-electron chi connectivity index (χ3n) is 5.21. The minimum absolute atomic E-state index is 0.693. The zero-order valence-corrected chi connectivity index (χ0v) is 16.5. The summed E-state index contributed by atoms with van der Waals surface area (Å²) in [5, 5.41) is 5.95. The number of aryl methyl sites for hydroxylation is 2. The van der Waals surface area contributed by atoms with Crippen LogP contribution in [-0.4, -0.2) is 31.3 Å². The Morgan fingerprint density at radius 2 is 2.00 bits per heavy atom. The van der Waals surface area contributed by atoms with Gasteiger partial charge in [-0.15, -0.1) is 0 Å². The van der Waals surface area contributed by atoms with Crippen molar-refractivity contribution in [1.82, 2.24) is 24.7 Å². The van der Waals surface area contributed by atoms with E-state index in [4.69, 9.17) is 21.6 Å². The van der Waals surface area contributed by atoms with Gasteiger partial charge in [0.2, 0.25) is 0 Å². The van der Waals surface area contributed by atoms with Gasteiger partial charge in [0, 0.05) is 60.6 Å². The van der Waals surface area contributed by atoms with E-state index in [1.165, 1.54) is 5.56 Å². The predicted octanol–water partition coefficient (Wildman–Crippen LogP) is 3.95. The Morgan fingerprint density at radius 1 is 1.11 bits per heavy atom. The molecule has 140 valence electrons. The normalized spacial score (nSPS) is 13.8. The van der Waals surface area contributed by atoms with Crippen LogP contribution in [0.2, 0.25) is 5.02 Å². The number of aromatic nitrogens is 5. The van der Waals surface area contributed by atoms with Crippen LogP contribution < -0.4 is 4.90 Å². The fraction of sp³-hybridized carbons (Fsp3) is 0.238. The van der Waals surface area contributed by atoms with Crippen LogP contribution in [0, 0.1) is 6.92 Å². The number of pyridine rings is 1. The van der Waals surface area contributed by atoms with Crippen molar-refractivity contribution in [3.63, 3.8) is 0 Å². The number of fused-ring (bicyclic) bond motifs is 2. The van der Waals surface area contributed by atoms with E-state index in [-0.39, 0.29) is 0 Å². The molecule has 1 aliphatic heterocycles. The van der Waals surface area contributed by atoms with Crippen molar-refractivity contribution in [1.29, 1.82) is 0 Å². The molecule has 0 N–H and O–H groups in total. The molecule has 0 unspecified atom stereocenters. The smallest absolute Gasteiger partial charge is 0.140 e. The second-order valence-electron chi connectivity index (χ2n) is 7.10. The summed E-state index contributed by atoms with van der Waals surface area (Å²) >= 11 is 6.25. The van der Waals surface area contributed by atoms with Crippen LogP contribution in [0.25, 0.3) is 22.2 Å². The van der Waals surface area contributed by atoms with Crippen molar-refractivity contribution in [2.24, 2.45) is 7.05 Å². The van der Waals surface area contributed by atoms with Crippen molar-refractivity contribution >= 4 is 28.3 Å². The lowest BCUT2D eigenvalue weighted by Crippen LogP contribution is -2.32. The molecule has 0 spiro atoms. The molecule has 0 aliphatic carbocycles. The monoisotopic (exact) mass is 390 g/mol. The van der Waals surface area contributed by atoms with Gasteiger partial charge in [0.1, 0.15) is 11.6 Å². The molecule has 0 atom stereocenters. The Bertz CT molecular complexity index is 1200. The van der Waals surface area contributed by atoms with Crippen LogP contribution in [0.3, 0.4) is 0 Å². The summed E-state index contributed by atoms with van der Waals surface area (Å²) < 4.78 is 1.87. The maximum atomic E-state index is 6.25. The number of halogens is 1. The van der Waals surface area contributed by atoms with Crippen LogP contribution >= 0.6 is 11.6 Å². The molecule has 0 bridgehead atoms. The summed E-state index contributed by atoms with van der Waals surface area (Å²) in [6.07, 6.45) is 4.63. The van der Waals surface area contributed by atoms with Crippen molar-refractivity contribution in [3.05, 3.63) is 64.8 Å². The van der Waals surface area contributed by atoms with E-state index >= 15 is 0 Å². The van der Waals surface area contributed by atoms with Crippen LogP contribution in [-0.2, 0) is 20.0 Å². The van der Waals surface area contributed by atoms with Gasteiger partial charge in [0.25, 0.3) is 0 Å². The zero-order valence-electron chi connectivity index (χ0n) is 15.7. The Hall–Kier alpha value is -2.99. The number of rotatable bonds is 2. The Balaban J connectivity index is 1.57. The van der Waals surface area contributed by atoms with E-state index in [0.29, 0.717) is 5.02 Å². The standard InChI is InChI=1S/C21H19ClN6/c1-13-25-19-4-3-16(22)10-17(19)21(26-13)28-8-6-18-15(12-28)9-14(11-23-18)20-5-7-24-27(20)2/h3-5,7,9-11H,6,8,12H2,1-2H3. The van der Waals surface area contributed by atoms with Gasteiger partial charge in [0.05, 0.1) is 11.2 Å². The second-order valence-corrected chi connectivity index (χ2v) is 7.53. The lowest BCUT2D eigenvalue weighted by atomic mass is 10.0. The number of hydrogen-bond donors (Lipinski definition) is 0. The molecule has 5 rings (SSSR count). The summed E-state index contributed by atoms with van der Waals surface area (Å²) in [6.45, 7) is 3.55. The van der Waals surface area contributed by atoms with Gasteiger partial charge < -0.3 is 4.90 Å². The molecule has 0 radical (unpaired) electrons. The maximum Gasteiger partial charge on any atom is 0.140 e. The zero-order chi connectivity index (χ0) is 19.3. The molecule has 6 nitrogen and oxygen atoms in total. The quantitative estimate of drug-likeness (QED) is 0.518. The fourth-order valence-electron chi connectivity index (χ4n) is 3.84. The van der Waals surface area contributed by atoms with Gasteiger partial charge in [-0.3, -0.25) is 9.67 Å². The van der Waals surface area contributed by atoms with Crippen molar-refractivity contribution < 1.29 is 0 Å². The molecule has 0 saturated carbocycles. The molecule has 0 amide bonds. The molecule has 3 aromatic heterocycles. The van der Waals surface area contributed by atoms with Crippen molar-refractivity contribution in [2.45, 2.75) is 19.9 Å². The molecule has 7 heteroatoms. The summed E-state index contributed by atoms with van der Waals surface area (Å²) in [5.74, 6) is 1.69. The highest BCUT2D eigenvalue weighted by Crippen LogP contribution is 2.31. The average Bonchev–Trinajstić information content (AvgIpc) is 3.13. The topological polar surface area (TPSA) is 59.7 Å². The van der Waals surface area contributed by atoms with E-state index in [9.17, 15) is 0 Å². The summed E-state index contributed by atoms with van der Waals surface area (Å²) in [5.41, 5.74) is 5.42. The summed E-state index contributed by atoms with van der Waals surface area (Å²) in [6, 6.07) is 10.00. The molecule has 1 aromatic carbocycles. The molecule has 0 saturated heterocycles. The van der Waals surface area contributed by atoms with Gasteiger partial charge in [-0.1, -0.05) is 11.6 Å². The van der Waals surface area contributed by atoms with Gasteiger partial charge in [-0.2, -0.15) is 5.10 Å². The largest absolute Gasteiger partial charge is 0.351 e. The first-order valence-corrected chi connectivity index (χ1v) is 9.61. The predicted molar refractivity (Wildman–Crippen MR) is 110 cm³/mol. The van der Waals surface area contributed by atoms with E-state index in [2.05, 4.69) is 21.0 Å². The number of nitrogens with zero attached hydrogens (tertiary/aromatic N) is 6. The van der Waals surface area contributed by atoms with Crippen LogP contribution in [0.5, 0.6) is 0 Å². The third-order valence-corrected chi connectivity index (χ3v) is 5.44. The Kier molecular flexibility index (Phi) is 4.02. The molecule has 28 heavy (non-hydrogen) atoms. The maximum absolute atomic E-state index is 6.25. The van der Waals surface area contributed by atoms with Crippen molar-refractivity contribution in [3.8, 4) is 11.3 Å². The van der Waals surface area contributed by atoms with Crippen LogP contribution in [0.15, 0.2) is 42.7 Å². The van der Waals surface area contributed by atoms with E-state index in [1.807, 2.05) is 49.1 Å². The lowest BCUT2D eigenvalue weighted by molar-refractivity contribution is 0.703. The van der Waals surface area contributed by atoms with Gasteiger partial charge in [-0.05, 0) is 42.8 Å². The number of anilines is 1. The SMILES string of the molecule is Cc1nc(N2CCc3ncc(-c4ccnn4C)cc3C2)c2cc(Cl)ccc2n1. The average molecular weight is 391 g/mol. The molecular formula is C21H19ClN6. The highest BCUT2D eigenvalue weighted by molar-refractivity contribution is 6.31. The van der Waals surface area contributed by atoms with Gasteiger partial charge in [-0.25, -0.2) is 9.97 Å². The van der Waals surface area contributed by atoms with E-state index < -0.39 is 0 Å². The lowest BCUT2D eigenvalue weighted by Gasteiger charge is -2.30. The molecular weight excluding hydrogens is 372 g/mol. The first-order valence-electron chi connectivity index (χ1n) is 9.23. The summed E-state index contributed by atoms with van der Waals surface area (Å²) in [4.78, 5) is 16.3. The highest BCUT2D eigenvalue weighted by Gasteiger charge is 2.22. The first-order chi connectivity index (χ1) is 13.6. The molecule has 0 fully saturated rings. The van der Waals surface area contributed by atoms with Crippen molar-refractivity contribution in [2.75, 3.05) is 11.4 Å². The second kappa shape index (κ2) is 6.56. The number of benzene rings is 1. The van der Waals surface area contributed by atoms with Gasteiger partial charge >= 0.3 is 0 Å². The first kappa shape index (κ1) is 17.1. The fourth-order valence-corrected chi connectivity index (χ4v) is 4.01. The molecule has 4 heterocycles. The summed E-state index contributed by atoms with van der Waals surface area (Å²) in [7, 11) is 1.95. The molecule has 4 aromatic rings.